The second-order valence-electron chi connectivity index (χ2n) is 8.27. The van der Waals surface area contributed by atoms with Gasteiger partial charge in [-0.25, -0.2) is 4.79 Å². The fourth-order valence-electron chi connectivity index (χ4n) is 4.01. The Balaban J connectivity index is 1.40. The summed E-state index contributed by atoms with van der Waals surface area (Å²) in [5, 5.41) is 10.8. The Hall–Kier alpha value is -2.22. The second kappa shape index (κ2) is 11.4. The number of nitrogens with one attached hydrogen (secondary N) is 2. The molecule has 1 saturated heterocycles. The van der Waals surface area contributed by atoms with Gasteiger partial charge in [-0.3, -0.25) is 14.8 Å². The molecule has 2 aliphatic carbocycles. The first kappa shape index (κ1) is 23.4. The van der Waals surface area contributed by atoms with Gasteiger partial charge >= 0.3 is 6.09 Å². The van der Waals surface area contributed by atoms with Crippen LogP contribution in [0.5, 0.6) is 0 Å². The third-order valence-corrected chi connectivity index (χ3v) is 6.40. The molecule has 1 saturated carbocycles. The van der Waals surface area contributed by atoms with E-state index in [0.29, 0.717) is 75.9 Å². The average molecular weight is 450 g/mol. The van der Waals surface area contributed by atoms with Crippen molar-refractivity contribution in [2.45, 2.75) is 44.4 Å². The van der Waals surface area contributed by atoms with Gasteiger partial charge in [0.05, 0.1) is 42.4 Å². The van der Waals surface area contributed by atoms with Crippen LogP contribution in [0.15, 0.2) is 22.1 Å². The van der Waals surface area contributed by atoms with Gasteiger partial charge in [0.25, 0.3) is 0 Å². The zero-order chi connectivity index (χ0) is 22.2. The molecule has 3 rings (SSSR count). The van der Waals surface area contributed by atoms with Gasteiger partial charge in [0.1, 0.15) is 6.61 Å². The predicted octanol–water partition coefficient (Wildman–Crippen LogP) is 2.85. The molecule has 8 nitrogen and oxygen atoms in total. The molecule has 2 fully saturated rings. The average Bonchev–Trinajstić information content (AvgIpc) is 3.16. The molecule has 0 aromatic rings. The largest absolute Gasteiger partial charge is 0.448 e. The molecule has 9 heteroatoms. The van der Waals surface area contributed by atoms with Crippen LogP contribution >= 0.6 is 11.6 Å². The number of nitrogens with zero attached hydrogens (tertiary/aromatic N) is 3. The minimum atomic E-state index is -0.432. The molecule has 0 aromatic heterocycles. The molecule has 31 heavy (non-hydrogen) atoms. The number of hydrogen-bond donors (Lipinski definition) is 2. The lowest BCUT2D eigenvalue weighted by atomic mass is 9.85. The van der Waals surface area contributed by atoms with Gasteiger partial charge in [0, 0.05) is 31.6 Å². The number of amides is 2. The third kappa shape index (κ3) is 6.63. The molecule has 0 radical (unpaired) electrons. The molecule has 3 unspecified atom stereocenters. The van der Waals surface area contributed by atoms with E-state index in [1.807, 2.05) is 0 Å². The molecule has 0 spiro atoms. The molecule has 0 aromatic carbocycles. The molecule has 0 bridgehead atoms. The zero-order valence-corrected chi connectivity index (χ0v) is 18.9. The number of aliphatic imine (C=N–C) groups is 2. The van der Waals surface area contributed by atoms with Crippen molar-refractivity contribution in [2.24, 2.45) is 21.8 Å². The van der Waals surface area contributed by atoms with Crippen molar-refractivity contribution in [3.8, 4) is 0 Å². The SMILES string of the molecule is CC1CCC=CC1=NCCN=C1CC(Cl)C(C(=O)NCCCN2CCOC2=O)CC1=N. The maximum absolute atomic E-state index is 12.5. The maximum atomic E-state index is 12.5. The number of allylic oxidation sites excluding steroid dienone is 2. The van der Waals surface area contributed by atoms with Crippen molar-refractivity contribution >= 4 is 40.7 Å². The van der Waals surface area contributed by atoms with E-state index in [0.717, 1.165) is 18.6 Å². The molecule has 170 valence electrons. The summed E-state index contributed by atoms with van der Waals surface area (Å²) in [4.78, 5) is 34.7. The zero-order valence-electron chi connectivity index (χ0n) is 18.1. The maximum Gasteiger partial charge on any atom is 0.409 e. The van der Waals surface area contributed by atoms with Gasteiger partial charge in [-0.05, 0) is 31.3 Å². The summed E-state index contributed by atoms with van der Waals surface area (Å²) in [7, 11) is 0. The Labute approximate surface area is 188 Å². The van der Waals surface area contributed by atoms with E-state index in [2.05, 4.69) is 34.4 Å². The summed E-state index contributed by atoms with van der Waals surface area (Å²) in [5.41, 5.74) is 2.19. The smallest absolute Gasteiger partial charge is 0.409 e. The third-order valence-electron chi connectivity index (χ3n) is 5.94. The summed E-state index contributed by atoms with van der Waals surface area (Å²) >= 11 is 6.48. The van der Waals surface area contributed by atoms with Crippen LogP contribution in [0.1, 0.15) is 39.0 Å². The predicted molar refractivity (Wildman–Crippen MR) is 123 cm³/mol. The molecule has 1 heterocycles. The van der Waals surface area contributed by atoms with Gasteiger partial charge in [0.2, 0.25) is 5.91 Å². The van der Waals surface area contributed by atoms with Crippen molar-refractivity contribution in [2.75, 3.05) is 39.3 Å². The molecular formula is C22H32ClN5O3. The number of alkyl halides is 1. The standard InChI is InChI=1S/C22H32ClN5O3/c1-15-5-2-3-6-19(15)25-8-9-26-20-14-17(23)16(13-18(20)24)21(29)27-7-4-10-28-11-12-31-22(28)30/h3,6,15-17,24H,2,4-5,7-14H2,1H3,(H,27,29). The number of carbonyl (C=O) groups is 2. The van der Waals surface area contributed by atoms with E-state index in [-0.39, 0.29) is 17.4 Å². The van der Waals surface area contributed by atoms with Crippen molar-refractivity contribution < 1.29 is 14.3 Å². The Kier molecular flexibility index (Phi) is 8.63. The molecule has 2 N–H and O–H groups in total. The fourth-order valence-corrected chi connectivity index (χ4v) is 4.36. The molecular weight excluding hydrogens is 418 g/mol. The van der Waals surface area contributed by atoms with Gasteiger partial charge in [-0.2, -0.15) is 0 Å². The monoisotopic (exact) mass is 449 g/mol. The number of rotatable bonds is 8. The second-order valence-corrected chi connectivity index (χ2v) is 8.83. The summed E-state index contributed by atoms with van der Waals surface area (Å²) in [5.74, 6) is -0.0862. The van der Waals surface area contributed by atoms with Gasteiger partial charge in [0.15, 0.2) is 0 Å². The van der Waals surface area contributed by atoms with Crippen LogP contribution in [0.3, 0.4) is 0 Å². The highest BCUT2D eigenvalue weighted by Gasteiger charge is 2.35. The highest BCUT2D eigenvalue weighted by atomic mass is 35.5. The highest BCUT2D eigenvalue weighted by molar-refractivity contribution is 6.44. The summed E-state index contributed by atoms with van der Waals surface area (Å²) in [6, 6.07) is 0. The van der Waals surface area contributed by atoms with E-state index < -0.39 is 5.92 Å². The Morgan fingerprint density at radius 2 is 2.16 bits per heavy atom. The first-order chi connectivity index (χ1) is 15.0. The Morgan fingerprint density at radius 3 is 2.90 bits per heavy atom. The topological polar surface area (TPSA) is 107 Å². The number of halogens is 1. The molecule has 2 amide bonds. The number of hydrogen-bond acceptors (Lipinski definition) is 6. The van der Waals surface area contributed by atoms with Crippen molar-refractivity contribution in [3.05, 3.63) is 12.2 Å². The van der Waals surface area contributed by atoms with Crippen molar-refractivity contribution in [1.29, 1.82) is 5.41 Å². The lowest BCUT2D eigenvalue weighted by molar-refractivity contribution is -0.124. The lowest BCUT2D eigenvalue weighted by Gasteiger charge is -2.28. The number of ether oxygens (including phenoxy) is 1. The minimum Gasteiger partial charge on any atom is -0.448 e. The van der Waals surface area contributed by atoms with Crippen LogP contribution in [-0.4, -0.2) is 78.7 Å². The van der Waals surface area contributed by atoms with Crippen LogP contribution in [0.25, 0.3) is 0 Å². The van der Waals surface area contributed by atoms with E-state index in [4.69, 9.17) is 21.7 Å². The fraction of sp³-hybridized carbons (Fsp3) is 0.682. The van der Waals surface area contributed by atoms with Crippen LogP contribution < -0.4 is 5.32 Å². The first-order valence-corrected chi connectivity index (χ1v) is 11.5. The van der Waals surface area contributed by atoms with Gasteiger partial charge in [-0.1, -0.05) is 13.0 Å². The van der Waals surface area contributed by atoms with Gasteiger partial charge < -0.3 is 20.4 Å². The number of carbonyl (C=O) groups excluding carboxylic acids is 2. The minimum absolute atomic E-state index is 0.141. The van der Waals surface area contributed by atoms with Crippen LogP contribution in [0, 0.1) is 17.2 Å². The summed E-state index contributed by atoms with van der Waals surface area (Å²) in [6.45, 7) is 5.36. The first-order valence-electron chi connectivity index (χ1n) is 11.1. The Bertz CT molecular complexity index is 779. The van der Waals surface area contributed by atoms with Crippen molar-refractivity contribution in [3.63, 3.8) is 0 Å². The molecule has 3 atom stereocenters. The van der Waals surface area contributed by atoms with Crippen LogP contribution in [0.4, 0.5) is 4.79 Å². The highest BCUT2D eigenvalue weighted by Crippen LogP contribution is 2.26. The summed E-state index contributed by atoms with van der Waals surface area (Å²) < 4.78 is 4.88. The Morgan fingerprint density at radius 1 is 1.35 bits per heavy atom. The molecule has 1 aliphatic heterocycles. The quantitative estimate of drug-likeness (QED) is 0.439. The van der Waals surface area contributed by atoms with Crippen molar-refractivity contribution in [1.82, 2.24) is 10.2 Å². The van der Waals surface area contributed by atoms with Gasteiger partial charge in [-0.15, -0.1) is 11.6 Å². The van der Waals surface area contributed by atoms with E-state index >= 15 is 0 Å². The molecule has 3 aliphatic rings. The van der Waals surface area contributed by atoms with E-state index in [9.17, 15) is 9.59 Å². The van der Waals surface area contributed by atoms with E-state index in [1.165, 1.54) is 0 Å². The van der Waals surface area contributed by atoms with Crippen LogP contribution in [-0.2, 0) is 9.53 Å². The van der Waals surface area contributed by atoms with Crippen LogP contribution in [0.2, 0.25) is 0 Å². The summed E-state index contributed by atoms with van der Waals surface area (Å²) in [6.07, 6.45) is 7.58. The van der Waals surface area contributed by atoms with E-state index in [1.54, 1.807) is 4.90 Å². The normalized spacial score (nSPS) is 29.0. The number of cyclic esters (lactones) is 1. The lowest BCUT2D eigenvalue weighted by Crippen LogP contribution is -2.43.